The molecule has 8 heteroatoms. The zero-order valence-electron chi connectivity index (χ0n) is 19.9. The van der Waals surface area contributed by atoms with Gasteiger partial charge in [-0.3, -0.25) is 24.4 Å². The first-order valence-corrected chi connectivity index (χ1v) is 12.4. The topological polar surface area (TPSA) is 77.0 Å². The molecule has 0 aromatic heterocycles. The summed E-state index contributed by atoms with van der Waals surface area (Å²) in [4.78, 5) is 33.9. The number of nitrogens with one attached hydrogen (secondary N) is 2. The number of nitrogens with zero attached hydrogens (tertiary/aromatic N) is 3. The molecule has 2 aliphatic heterocycles. The van der Waals surface area contributed by atoms with E-state index in [9.17, 15) is 9.59 Å². The molecule has 5 rings (SSSR count). The van der Waals surface area contributed by atoms with E-state index in [-0.39, 0.29) is 59.5 Å². The second-order valence-corrected chi connectivity index (χ2v) is 9.83. The largest absolute Gasteiger partial charge is 0.355 e. The first-order chi connectivity index (χ1) is 16.1. The highest BCUT2D eigenvalue weighted by Gasteiger charge is 2.58. The summed E-state index contributed by atoms with van der Waals surface area (Å²) >= 11 is 0. The van der Waals surface area contributed by atoms with Crippen molar-refractivity contribution in [2.24, 2.45) is 28.7 Å². The smallest absolute Gasteiger partial charge is 0.233 e. The molecule has 2 N–H and O–H groups in total. The number of carbonyl (C=O) groups excluding carboxylic acids is 2. The molecule has 1 aromatic carbocycles. The Morgan fingerprint density at radius 1 is 0.941 bits per heavy atom. The van der Waals surface area contributed by atoms with Crippen molar-refractivity contribution in [3.8, 4) is 0 Å². The van der Waals surface area contributed by atoms with Crippen LogP contribution in [0.2, 0.25) is 0 Å². The Morgan fingerprint density at radius 2 is 1.56 bits per heavy atom. The molecule has 7 nitrogen and oxygen atoms in total. The lowest BCUT2D eigenvalue weighted by Crippen LogP contribution is -2.43. The minimum absolute atomic E-state index is 0. The fourth-order valence-corrected chi connectivity index (χ4v) is 6.02. The molecule has 0 spiro atoms. The van der Waals surface area contributed by atoms with Crippen molar-refractivity contribution in [3.05, 3.63) is 47.5 Å². The second-order valence-electron chi connectivity index (χ2n) is 9.83. The van der Waals surface area contributed by atoms with Crippen molar-refractivity contribution in [2.75, 3.05) is 33.2 Å². The fraction of sp³-hybridized carbons (Fsp3) is 0.577. The number of aliphatic imine (C=N–C) groups is 1. The SMILES string of the molecule is CN=C(NCCN1C(=O)C2C3C=CC(C3)C2C1=O)NCc1ccc(CN2CCCCC2)cc1.I. The summed E-state index contributed by atoms with van der Waals surface area (Å²) in [6, 6.07) is 8.76. The third-order valence-corrected chi connectivity index (χ3v) is 7.75. The van der Waals surface area contributed by atoms with Gasteiger partial charge in [0.2, 0.25) is 11.8 Å². The molecule has 0 radical (unpaired) electrons. The van der Waals surface area contributed by atoms with Crippen molar-refractivity contribution in [1.82, 2.24) is 20.4 Å². The van der Waals surface area contributed by atoms with Crippen LogP contribution in [0.1, 0.15) is 36.8 Å². The number of rotatable bonds is 7. The summed E-state index contributed by atoms with van der Waals surface area (Å²) in [6.45, 7) is 5.00. The van der Waals surface area contributed by atoms with Gasteiger partial charge in [0, 0.05) is 33.2 Å². The van der Waals surface area contributed by atoms with Crippen molar-refractivity contribution < 1.29 is 9.59 Å². The molecule has 4 atom stereocenters. The molecule has 2 aliphatic carbocycles. The number of piperidine rings is 1. The molecule has 2 bridgehead atoms. The van der Waals surface area contributed by atoms with Crippen LogP contribution < -0.4 is 10.6 Å². The van der Waals surface area contributed by atoms with Gasteiger partial charge in [-0.1, -0.05) is 42.8 Å². The number of hydrogen-bond acceptors (Lipinski definition) is 4. The zero-order chi connectivity index (χ0) is 22.8. The lowest BCUT2D eigenvalue weighted by Gasteiger charge is -2.26. The number of amides is 2. The Hall–Kier alpha value is -1.94. The number of hydrogen-bond donors (Lipinski definition) is 2. The van der Waals surface area contributed by atoms with Crippen LogP contribution in [0.15, 0.2) is 41.4 Å². The summed E-state index contributed by atoms with van der Waals surface area (Å²) in [5.74, 6) is 0.969. The standard InChI is InChI=1S/C26H35N5O2.HI/c1-27-26(29-16-18-5-7-19(8-6-18)17-30-12-3-2-4-13-30)28-11-14-31-24(32)22-20-9-10-21(15-20)23(22)25(31)33;/h5-10,20-23H,2-4,11-17H2,1H3,(H2,27,28,29);1H. The molecule has 34 heavy (non-hydrogen) atoms. The Bertz CT molecular complexity index is 911. The van der Waals surface area contributed by atoms with Gasteiger partial charge in [0.15, 0.2) is 5.96 Å². The molecular formula is C26H36IN5O2. The van der Waals surface area contributed by atoms with E-state index in [1.165, 1.54) is 48.4 Å². The van der Waals surface area contributed by atoms with E-state index in [2.05, 4.69) is 56.9 Å². The quantitative estimate of drug-likeness (QED) is 0.172. The Kier molecular flexibility index (Phi) is 8.29. The third kappa shape index (κ3) is 5.17. The predicted molar refractivity (Wildman–Crippen MR) is 144 cm³/mol. The lowest BCUT2D eigenvalue weighted by molar-refractivity contribution is -0.140. The zero-order valence-corrected chi connectivity index (χ0v) is 22.2. The van der Waals surface area contributed by atoms with E-state index in [1.807, 2.05) is 0 Å². The molecule has 184 valence electrons. The molecular weight excluding hydrogens is 541 g/mol. The third-order valence-electron chi connectivity index (χ3n) is 7.75. The highest BCUT2D eigenvalue weighted by atomic mass is 127. The van der Waals surface area contributed by atoms with Crippen LogP contribution in [0, 0.1) is 23.7 Å². The molecule has 4 unspecified atom stereocenters. The van der Waals surface area contributed by atoms with E-state index < -0.39 is 0 Å². The van der Waals surface area contributed by atoms with Gasteiger partial charge in [-0.2, -0.15) is 0 Å². The van der Waals surface area contributed by atoms with Crippen molar-refractivity contribution in [1.29, 1.82) is 0 Å². The number of imide groups is 1. The Morgan fingerprint density at radius 3 is 2.18 bits per heavy atom. The van der Waals surface area contributed by atoms with Crippen LogP contribution in [0.4, 0.5) is 0 Å². The molecule has 2 amide bonds. The number of allylic oxidation sites excluding steroid dienone is 2. The van der Waals surface area contributed by atoms with Gasteiger partial charge in [-0.05, 0) is 55.3 Å². The van der Waals surface area contributed by atoms with Gasteiger partial charge >= 0.3 is 0 Å². The number of carbonyl (C=O) groups is 2. The summed E-state index contributed by atoms with van der Waals surface area (Å²) in [5, 5.41) is 6.58. The normalized spacial score (nSPS) is 28.3. The average molecular weight is 578 g/mol. The van der Waals surface area contributed by atoms with Gasteiger partial charge in [0.05, 0.1) is 11.8 Å². The van der Waals surface area contributed by atoms with Crippen LogP contribution in [0.3, 0.4) is 0 Å². The number of halogens is 1. The summed E-state index contributed by atoms with van der Waals surface area (Å²) in [7, 11) is 1.73. The fourth-order valence-electron chi connectivity index (χ4n) is 6.02. The number of benzene rings is 1. The molecule has 1 aromatic rings. The molecule has 2 saturated heterocycles. The number of likely N-dealkylation sites (tertiary alicyclic amines) is 2. The first-order valence-electron chi connectivity index (χ1n) is 12.4. The molecule has 3 fully saturated rings. The van der Waals surface area contributed by atoms with E-state index in [1.54, 1.807) is 7.05 Å². The lowest BCUT2D eigenvalue weighted by atomic mass is 9.85. The number of guanidine groups is 1. The van der Waals surface area contributed by atoms with Gasteiger partial charge in [-0.25, -0.2) is 0 Å². The van der Waals surface area contributed by atoms with Crippen LogP contribution in [0.25, 0.3) is 0 Å². The Balaban J connectivity index is 0.00000274. The maximum atomic E-state index is 12.8. The maximum Gasteiger partial charge on any atom is 0.233 e. The van der Waals surface area contributed by atoms with Crippen LogP contribution >= 0.6 is 24.0 Å². The first kappa shape index (κ1) is 25.2. The van der Waals surface area contributed by atoms with E-state index >= 15 is 0 Å². The van der Waals surface area contributed by atoms with Crippen molar-refractivity contribution >= 4 is 41.8 Å². The monoisotopic (exact) mass is 577 g/mol. The predicted octanol–water partition coefficient (Wildman–Crippen LogP) is 2.76. The van der Waals surface area contributed by atoms with Crippen molar-refractivity contribution in [3.63, 3.8) is 0 Å². The summed E-state index contributed by atoms with van der Waals surface area (Å²) in [5.41, 5.74) is 2.55. The van der Waals surface area contributed by atoms with Gasteiger partial charge in [0.1, 0.15) is 0 Å². The maximum absolute atomic E-state index is 12.8. The summed E-state index contributed by atoms with van der Waals surface area (Å²) < 4.78 is 0. The highest BCUT2D eigenvalue weighted by Crippen LogP contribution is 2.52. The van der Waals surface area contributed by atoms with E-state index in [4.69, 9.17) is 0 Å². The van der Waals surface area contributed by atoms with Gasteiger partial charge < -0.3 is 10.6 Å². The van der Waals surface area contributed by atoms with E-state index in [0.717, 1.165) is 13.0 Å². The van der Waals surface area contributed by atoms with E-state index in [0.29, 0.717) is 25.6 Å². The average Bonchev–Trinajstić information content (AvgIpc) is 3.52. The molecule has 4 aliphatic rings. The number of fused-ring (bicyclic) bond motifs is 5. The second kappa shape index (κ2) is 11.2. The minimum Gasteiger partial charge on any atom is -0.355 e. The minimum atomic E-state index is -0.122. The molecule has 2 heterocycles. The van der Waals surface area contributed by atoms with Crippen LogP contribution in [0.5, 0.6) is 0 Å². The highest BCUT2D eigenvalue weighted by molar-refractivity contribution is 14.0. The Labute approximate surface area is 219 Å². The summed E-state index contributed by atoms with van der Waals surface area (Å²) in [6.07, 6.45) is 9.21. The van der Waals surface area contributed by atoms with Crippen LogP contribution in [-0.4, -0.2) is 60.8 Å². The van der Waals surface area contributed by atoms with Gasteiger partial charge in [-0.15, -0.1) is 24.0 Å². The molecule has 1 saturated carbocycles. The van der Waals surface area contributed by atoms with Gasteiger partial charge in [0.25, 0.3) is 0 Å². The van der Waals surface area contributed by atoms with Crippen molar-refractivity contribution in [2.45, 2.75) is 38.8 Å². The van der Waals surface area contributed by atoms with Crippen LogP contribution in [-0.2, 0) is 22.7 Å².